The van der Waals surface area contributed by atoms with E-state index in [1.165, 1.54) is 18.4 Å². The molecule has 0 radical (unpaired) electrons. The molecule has 1 fully saturated rings. The monoisotopic (exact) mass is 451 g/mol. The van der Waals surface area contributed by atoms with E-state index >= 15 is 0 Å². The second-order valence-corrected chi connectivity index (χ2v) is 6.05. The number of hydrogen-bond donors (Lipinski definition) is 1. The van der Waals surface area contributed by atoms with E-state index in [1.807, 2.05) is 0 Å². The third-order valence-electron chi connectivity index (χ3n) is 3.92. The van der Waals surface area contributed by atoms with Gasteiger partial charge in [0.2, 0.25) is 0 Å². The number of aliphatic imine (C=N–C) groups is 1. The minimum Gasteiger partial charge on any atom is -0.370 e. The Labute approximate surface area is 147 Å². The fraction of sp³-hybridized carbons (Fsp3) is 0.533. The zero-order valence-corrected chi connectivity index (χ0v) is 16.0. The maximum absolute atomic E-state index is 6.05. The largest absolute Gasteiger partial charge is 0.370 e. The van der Waals surface area contributed by atoms with Crippen molar-refractivity contribution in [1.29, 1.82) is 0 Å². The van der Waals surface area contributed by atoms with E-state index < -0.39 is 0 Å². The van der Waals surface area contributed by atoms with Crippen LogP contribution in [-0.4, -0.2) is 30.5 Å². The van der Waals surface area contributed by atoms with E-state index in [2.05, 4.69) is 63.9 Å². The Kier molecular flexibility index (Phi) is 6.78. The highest BCUT2D eigenvalue weighted by atomic mass is 127. The molecule has 0 amide bonds. The van der Waals surface area contributed by atoms with Crippen molar-refractivity contribution in [2.75, 3.05) is 19.6 Å². The normalized spacial score (nSPS) is 16.4. The van der Waals surface area contributed by atoms with E-state index in [9.17, 15) is 0 Å². The first-order chi connectivity index (χ1) is 9.11. The van der Waals surface area contributed by atoms with Gasteiger partial charge in [0, 0.05) is 23.0 Å². The fourth-order valence-electron chi connectivity index (χ4n) is 2.39. The van der Waals surface area contributed by atoms with Crippen LogP contribution in [0.25, 0.3) is 0 Å². The lowest BCUT2D eigenvalue weighted by Gasteiger charge is -2.21. The molecule has 0 aromatic heterocycles. The van der Waals surface area contributed by atoms with Crippen molar-refractivity contribution in [1.82, 2.24) is 4.90 Å². The number of benzene rings is 1. The van der Waals surface area contributed by atoms with Crippen LogP contribution in [0.2, 0.25) is 0 Å². The fourth-order valence-corrected chi connectivity index (χ4v) is 2.79. The zero-order chi connectivity index (χ0) is 13.9. The summed E-state index contributed by atoms with van der Waals surface area (Å²) in [6.45, 7) is 6.83. The summed E-state index contributed by atoms with van der Waals surface area (Å²) in [7, 11) is 0. The number of halogens is 2. The second-order valence-electron chi connectivity index (χ2n) is 5.14. The summed E-state index contributed by atoms with van der Waals surface area (Å²) in [5, 5.41) is 0. The topological polar surface area (TPSA) is 41.6 Å². The molecule has 0 unspecified atom stereocenters. The van der Waals surface area contributed by atoms with Crippen LogP contribution in [0.4, 0.5) is 0 Å². The van der Waals surface area contributed by atoms with Gasteiger partial charge in [0.05, 0.1) is 6.54 Å². The van der Waals surface area contributed by atoms with Gasteiger partial charge in [-0.3, -0.25) is 4.99 Å². The summed E-state index contributed by atoms with van der Waals surface area (Å²) in [5.41, 5.74) is 7.65. The molecule has 0 heterocycles. The Hall–Kier alpha value is -0.300. The zero-order valence-electron chi connectivity index (χ0n) is 12.1. The van der Waals surface area contributed by atoms with Crippen molar-refractivity contribution in [2.24, 2.45) is 10.7 Å². The van der Waals surface area contributed by atoms with E-state index in [1.54, 1.807) is 0 Å². The molecule has 0 saturated heterocycles. The van der Waals surface area contributed by atoms with Crippen molar-refractivity contribution in [2.45, 2.75) is 32.1 Å². The van der Waals surface area contributed by atoms with Gasteiger partial charge in [0.1, 0.15) is 0 Å². The molecule has 2 rings (SSSR count). The summed E-state index contributed by atoms with van der Waals surface area (Å²) in [5.74, 6) is 0.672. The minimum absolute atomic E-state index is 0. The van der Waals surface area contributed by atoms with E-state index in [-0.39, 0.29) is 29.4 Å². The molecule has 1 aromatic carbocycles. The molecule has 5 heteroatoms. The molecule has 1 saturated carbocycles. The van der Waals surface area contributed by atoms with Crippen LogP contribution in [0.5, 0.6) is 0 Å². The lowest BCUT2D eigenvalue weighted by Crippen LogP contribution is -2.37. The smallest absolute Gasteiger partial charge is 0.191 e. The number of rotatable bonds is 5. The predicted octanol–water partition coefficient (Wildman–Crippen LogP) is 3.76. The lowest BCUT2D eigenvalue weighted by atomic mass is 9.96. The number of nitrogens with two attached hydrogens (primary N) is 1. The molecule has 1 aromatic rings. The van der Waals surface area contributed by atoms with Gasteiger partial charge in [-0.05, 0) is 44.4 Å². The first-order valence-corrected chi connectivity index (χ1v) is 7.71. The molecule has 0 aliphatic heterocycles. The first kappa shape index (κ1) is 17.8. The van der Waals surface area contributed by atoms with Gasteiger partial charge in [-0.15, -0.1) is 24.0 Å². The van der Waals surface area contributed by atoms with Crippen LogP contribution in [0.15, 0.2) is 33.7 Å². The Morgan fingerprint density at radius 1 is 1.35 bits per heavy atom. The third kappa shape index (κ3) is 4.10. The molecular weight excluding hydrogens is 429 g/mol. The van der Waals surface area contributed by atoms with Gasteiger partial charge in [-0.25, -0.2) is 0 Å². The van der Waals surface area contributed by atoms with Crippen LogP contribution in [0, 0.1) is 0 Å². The van der Waals surface area contributed by atoms with E-state index in [4.69, 9.17) is 5.73 Å². The highest BCUT2D eigenvalue weighted by Gasteiger charge is 2.44. The molecular formula is C15H23BrIN3. The highest BCUT2D eigenvalue weighted by Crippen LogP contribution is 2.48. The standard InChI is InChI=1S/C15H22BrN3.HI/c1-3-19(4-2)14(17)18-11-15(8-9-15)12-6-5-7-13(16)10-12;/h5-7,10H,3-4,8-9,11H2,1-2H3,(H2,17,18);1H. The molecule has 1 aliphatic carbocycles. The summed E-state index contributed by atoms with van der Waals surface area (Å²) in [6.07, 6.45) is 2.41. The van der Waals surface area contributed by atoms with Gasteiger partial charge < -0.3 is 10.6 Å². The summed E-state index contributed by atoms with van der Waals surface area (Å²) in [6, 6.07) is 8.56. The molecule has 0 spiro atoms. The number of guanidine groups is 1. The summed E-state index contributed by atoms with van der Waals surface area (Å²) in [4.78, 5) is 6.71. The van der Waals surface area contributed by atoms with Gasteiger partial charge in [0.25, 0.3) is 0 Å². The molecule has 112 valence electrons. The van der Waals surface area contributed by atoms with Gasteiger partial charge in [-0.2, -0.15) is 0 Å². The Balaban J connectivity index is 0.00000200. The van der Waals surface area contributed by atoms with Crippen LogP contribution >= 0.6 is 39.9 Å². The van der Waals surface area contributed by atoms with Crippen LogP contribution in [-0.2, 0) is 5.41 Å². The summed E-state index contributed by atoms with van der Waals surface area (Å²) >= 11 is 3.54. The molecule has 1 aliphatic rings. The summed E-state index contributed by atoms with van der Waals surface area (Å²) < 4.78 is 1.14. The van der Waals surface area contributed by atoms with E-state index in [0.717, 1.165) is 24.1 Å². The van der Waals surface area contributed by atoms with Crippen LogP contribution in [0.3, 0.4) is 0 Å². The van der Waals surface area contributed by atoms with Crippen molar-refractivity contribution in [3.63, 3.8) is 0 Å². The average Bonchev–Trinajstić information content (AvgIpc) is 3.19. The second kappa shape index (κ2) is 7.64. The third-order valence-corrected chi connectivity index (χ3v) is 4.41. The number of nitrogens with zero attached hydrogens (tertiary/aromatic N) is 2. The Morgan fingerprint density at radius 2 is 2.00 bits per heavy atom. The number of hydrogen-bond acceptors (Lipinski definition) is 1. The molecule has 20 heavy (non-hydrogen) atoms. The Morgan fingerprint density at radius 3 is 2.50 bits per heavy atom. The van der Waals surface area contributed by atoms with Gasteiger partial charge in [0.15, 0.2) is 5.96 Å². The molecule has 3 nitrogen and oxygen atoms in total. The first-order valence-electron chi connectivity index (χ1n) is 6.92. The van der Waals surface area contributed by atoms with Crippen molar-refractivity contribution in [3.8, 4) is 0 Å². The minimum atomic E-state index is 0. The molecule has 0 atom stereocenters. The van der Waals surface area contributed by atoms with Crippen molar-refractivity contribution in [3.05, 3.63) is 34.3 Å². The van der Waals surface area contributed by atoms with Crippen molar-refractivity contribution >= 4 is 45.9 Å². The SMILES string of the molecule is CCN(CC)C(N)=NCC1(c2cccc(Br)c2)CC1.I. The van der Waals surface area contributed by atoms with Gasteiger partial charge >= 0.3 is 0 Å². The maximum atomic E-state index is 6.05. The Bertz CT molecular complexity index is 468. The van der Waals surface area contributed by atoms with E-state index in [0.29, 0.717) is 5.96 Å². The van der Waals surface area contributed by atoms with Crippen LogP contribution < -0.4 is 5.73 Å². The highest BCUT2D eigenvalue weighted by molar-refractivity contribution is 14.0. The molecule has 0 bridgehead atoms. The quantitative estimate of drug-likeness (QED) is 0.420. The molecule has 2 N–H and O–H groups in total. The predicted molar refractivity (Wildman–Crippen MR) is 99.9 cm³/mol. The maximum Gasteiger partial charge on any atom is 0.191 e. The lowest BCUT2D eigenvalue weighted by molar-refractivity contribution is 0.456. The van der Waals surface area contributed by atoms with Crippen LogP contribution in [0.1, 0.15) is 32.3 Å². The average molecular weight is 452 g/mol. The van der Waals surface area contributed by atoms with Crippen molar-refractivity contribution < 1.29 is 0 Å². The van der Waals surface area contributed by atoms with Gasteiger partial charge in [-0.1, -0.05) is 28.1 Å².